The normalized spacial score (nSPS) is 25.1. The van der Waals surface area contributed by atoms with Crippen molar-refractivity contribution in [3.63, 3.8) is 0 Å². The molecule has 10 nitrogen and oxygen atoms in total. The molecule has 4 rings (SSSR count). The van der Waals surface area contributed by atoms with Gasteiger partial charge in [-0.3, -0.25) is 9.59 Å². The van der Waals surface area contributed by atoms with Crippen LogP contribution in [-0.2, 0) is 15.0 Å². The fraction of sp³-hybridized carbons (Fsp3) is 0.444. The van der Waals surface area contributed by atoms with Crippen molar-refractivity contribution in [2.24, 2.45) is 0 Å². The van der Waals surface area contributed by atoms with Gasteiger partial charge >= 0.3 is 0 Å². The highest BCUT2D eigenvalue weighted by Crippen LogP contribution is 2.29. The Kier molecular flexibility index (Phi) is 5.19. The summed E-state index contributed by atoms with van der Waals surface area (Å²) in [7, 11) is -2.44. The van der Waals surface area contributed by atoms with Gasteiger partial charge in [-0.2, -0.15) is 17.4 Å². The summed E-state index contributed by atoms with van der Waals surface area (Å²) in [5, 5.41) is 0. The fourth-order valence-corrected chi connectivity index (χ4v) is 4.92. The van der Waals surface area contributed by atoms with E-state index in [-0.39, 0.29) is 24.0 Å². The molecule has 2 aromatic heterocycles. The van der Waals surface area contributed by atoms with Crippen molar-refractivity contribution in [2.45, 2.75) is 18.5 Å². The second kappa shape index (κ2) is 7.65. The van der Waals surface area contributed by atoms with Gasteiger partial charge in [-0.05, 0) is 30.7 Å². The standard InChI is InChI=1S/C18H22N4O6S/c1-20-14(12-13(19-29(20,25)26)15-4-2-10-27-15)17(23)21-6-8-22(9-7-21)18(24)16-5-3-11-28-16/h2-5,10-11,13-14,19H,6-9,12H2,1H3/t13-,14+/m0/s1. The van der Waals surface area contributed by atoms with E-state index >= 15 is 0 Å². The van der Waals surface area contributed by atoms with Gasteiger partial charge in [-0.15, -0.1) is 0 Å². The van der Waals surface area contributed by atoms with Gasteiger partial charge in [0.2, 0.25) is 5.91 Å². The lowest BCUT2D eigenvalue weighted by atomic mass is 10.0. The highest BCUT2D eigenvalue weighted by atomic mass is 32.2. The lowest BCUT2D eigenvalue weighted by Gasteiger charge is -2.40. The molecule has 0 saturated carbocycles. The molecular formula is C18H22N4O6S. The van der Waals surface area contributed by atoms with Crippen molar-refractivity contribution in [3.05, 3.63) is 48.3 Å². The van der Waals surface area contributed by atoms with Gasteiger partial charge in [0.15, 0.2) is 5.76 Å². The maximum atomic E-state index is 13.1. The van der Waals surface area contributed by atoms with E-state index in [1.165, 1.54) is 19.6 Å². The van der Waals surface area contributed by atoms with E-state index in [1.807, 2.05) is 0 Å². The number of nitrogens with one attached hydrogen (secondary N) is 1. The summed E-state index contributed by atoms with van der Waals surface area (Å²) in [5.41, 5.74) is 0. The average molecular weight is 422 g/mol. The highest BCUT2D eigenvalue weighted by molar-refractivity contribution is 7.87. The zero-order valence-corrected chi connectivity index (χ0v) is 16.7. The molecule has 0 aliphatic carbocycles. The van der Waals surface area contributed by atoms with Gasteiger partial charge in [0, 0.05) is 33.2 Å². The van der Waals surface area contributed by atoms with Crippen molar-refractivity contribution < 1.29 is 26.8 Å². The molecule has 2 aliphatic rings. The van der Waals surface area contributed by atoms with E-state index in [4.69, 9.17) is 8.83 Å². The maximum Gasteiger partial charge on any atom is 0.289 e. The number of likely N-dealkylation sites (N-methyl/N-ethyl adjacent to an activating group) is 1. The summed E-state index contributed by atoms with van der Waals surface area (Å²) in [6.45, 7) is 1.37. The number of amides is 2. The fourth-order valence-electron chi connectivity index (χ4n) is 3.67. The summed E-state index contributed by atoms with van der Waals surface area (Å²) < 4.78 is 39.1. The molecule has 0 radical (unpaired) electrons. The monoisotopic (exact) mass is 422 g/mol. The van der Waals surface area contributed by atoms with E-state index in [9.17, 15) is 18.0 Å². The van der Waals surface area contributed by atoms with E-state index < -0.39 is 22.3 Å². The van der Waals surface area contributed by atoms with Crippen LogP contribution in [0.2, 0.25) is 0 Å². The topological polar surface area (TPSA) is 116 Å². The van der Waals surface area contributed by atoms with E-state index in [0.29, 0.717) is 31.9 Å². The largest absolute Gasteiger partial charge is 0.468 e. The lowest BCUT2D eigenvalue weighted by Crippen LogP contribution is -2.60. The third-order valence-electron chi connectivity index (χ3n) is 5.35. The molecule has 2 atom stereocenters. The van der Waals surface area contributed by atoms with Crippen LogP contribution >= 0.6 is 0 Å². The van der Waals surface area contributed by atoms with Crippen LogP contribution in [0.5, 0.6) is 0 Å². The second-order valence-corrected chi connectivity index (χ2v) is 8.82. The Morgan fingerprint density at radius 2 is 1.69 bits per heavy atom. The molecule has 2 amide bonds. The first kappa shape index (κ1) is 19.7. The molecule has 11 heteroatoms. The van der Waals surface area contributed by atoms with Crippen LogP contribution in [-0.4, -0.2) is 73.6 Å². The molecule has 156 valence electrons. The summed E-state index contributed by atoms with van der Waals surface area (Å²) in [6.07, 6.45) is 3.16. The zero-order valence-electron chi connectivity index (χ0n) is 15.9. The number of nitrogens with zero attached hydrogens (tertiary/aromatic N) is 3. The Morgan fingerprint density at radius 1 is 1.03 bits per heavy atom. The quantitative estimate of drug-likeness (QED) is 0.767. The van der Waals surface area contributed by atoms with Gasteiger partial charge in [0.1, 0.15) is 11.8 Å². The lowest BCUT2D eigenvalue weighted by molar-refractivity contribution is -0.137. The first-order valence-electron chi connectivity index (χ1n) is 9.27. The zero-order chi connectivity index (χ0) is 20.6. The Bertz CT molecular complexity index is 964. The molecule has 2 aliphatic heterocycles. The Morgan fingerprint density at radius 3 is 2.31 bits per heavy atom. The molecule has 2 fully saturated rings. The minimum Gasteiger partial charge on any atom is -0.468 e. The van der Waals surface area contributed by atoms with Crippen LogP contribution < -0.4 is 4.72 Å². The van der Waals surface area contributed by atoms with Crippen molar-refractivity contribution >= 4 is 22.0 Å². The summed E-state index contributed by atoms with van der Waals surface area (Å²) >= 11 is 0. The number of carbonyl (C=O) groups is 2. The Hall–Kier alpha value is -2.63. The number of rotatable bonds is 3. The number of furan rings is 2. The maximum absolute atomic E-state index is 13.1. The van der Waals surface area contributed by atoms with Gasteiger partial charge in [0.25, 0.3) is 16.1 Å². The molecule has 2 saturated heterocycles. The highest BCUT2D eigenvalue weighted by Gasteiger charge is 2.43. The molecule has 29 heavy (non-hydrogen) atoms. The summed E-state index contributed by atoms with van der Waals surface area (Å²) in [4.78, 5) is 28.7. The van der Waals surface area contributed by atoms with Gasteiger partial charge in [0.05, 0.1) is 18.6 Å². The third kappa shape index (κ3) is 3.80. The molecule has 0 spiro atoms. The Labute approximate surface area is 168 Å². The molecule has 0 bridgehead atoms. The number of piperazine rings is 1. The summed E-state index contributed by atoms with van der Waals surface area (Å²) in [5.74, 6) is 0.226. The number of hydrogen-bond acceptors (Lipinski definition) is 6. The molecular weight excluding hydrogens is 400 g/mol. The van der Waals surface area contributed by atoms with Gasteiger partial charge < -0.3 is 18.6 Å². The van der Waals surface area contributed by atoms with Crippen molar-refractivity contribution in [3.8, 4) is 0 Å². The van der Waals surface area contributed by atoms with Crippen LogP contribution in [0.25, 0.3) is 0 Å². The molecule has 4 heterocycles. The first-order chi connectivity index (χ1) is 13.9. The van der Waals surface area contributed by atoms with Crippen molar-refractivity contribution in [1.82, 2.24) is 18.8 Å². The van der Waals surface area contributed by atoms with Crippen LogP contribution in [0.1, 0.15) is 28.8 Å². The molecule has 0 aromatic carbocycles. The smallest absolute Gasteiger partial charge is 0.289 e. The van der Waals surface area contributed by atoms with E-state index in [1.54, 1.807) is 34.1 Å². The van der Waals surface area contributed by atoms with Crippen LogP contribution in [0.3, 0.4) is 0 Å². The number of hydrogen-bond donors (Lipinski definition) is 1. The van der Waals surface area contributed by atoms with Gasteiger partial charge in [-0.1, -0.05) is 0 Å². The molecule has 1 N–H and O–H groups in total. The van der Waals surface area contributed by atoms with Crippen LogP contribution in [0, 0.1) is 0 Å². The predicted octanol–water partition coefficient (Wildman–Crippen LogP) is 0.437. The minimum atomic E-state index is -3.82. The Balaban J connectivity index is 1.44. The predicted molar refractivity (Wildman–Crippen MR) is 101 cm³/mol. The molecule has 0 unspecified atom stereocenters. The summed E-state index contributed by atoms with van der Waals surface area (Å²) in [6, 6.07) is 5.15. The van der Waals surface area contributed by atoms with E-state index in [0.717, 1.165) is 4.31 Å². The number of carbonyl (C=O) groups excluding carboxylic acids is 2. The average Bonchev–Trinajstić information content (AvgIpc) is 3.43. The third-order valence-corrected chi connectivity index (χ3v) is 6.95. The molecule has 2 aromatic rings. The second-order valence-electron chi connectivity index (χ2n) is 7.05. The van der Waals surface area contributed by atoms with Crippen molar-refractivity contribution in [1.29, 1.82) is 0 Å². The van der Waals surface area contributed by atoms with Gasteiger partial charge in [-0.25, -0.2) is 0 Å². The van der Waals surface area contributed by atoms with Crippen LogP contribution in [0.4, 0.5) is 0 Å². The first-order valence-corrected chi connectivity index (χ1v) is 10.7. The minimum absolute atomic E-state index is 0.221. The SMILES string of the molecule is CN1[C@@H](C(=O)N2CCN(C(=O)c3ccco3)CC2)C[C@@H](c2ccco2)NS1(=O)=O. The van der Waals surface area contributed by atoms with Crippen molar-refractivity contribution in [2.75, 3.05) is 33.2 Å². The van der Waals surface area contributed by atoms with Crippen LogP contribution in [0.15, 0.2) is 45.6 Å². The van der Waals surface area contributed by atoms with E-state index in [2.05, 4.69) is 4.72 Å².